The van der Waals surface area contributed by atoms with Gasteiger partial charge in [-0.3, -0.25) is 0 Å². The molecule has 0 aliphatic carbocycles. The minimum Gasteiger partial charge on any atom is -0.508 e. The minimum absolute atomic E-state index is 0.0345. The number of phenols is 1. The lowest BCUT2D eigenvalue weighted by molar-refractivity contribution is -0.150. The van der Waals surface area contributed by atoms with E-state index < -0.39 is 11.9 Å². The third kappa shape index (κ3) is 2.01. The Balaban J connectivity index is 2.55. The van der Waals surface area contributed by atoms with Gasteiger partial charge in [0.1, 0.15) is 5.75 Å². The third-order valence-electron chi connectivity index (χ3n) is 3.14. The van der Waals surface area contributed by atoms with Crippen molar-refractivity contribution in [1.82, 2.24) is 0 Å². The smallest absolute Gasteiger partial charge is 0.347 e. The van der Waals surface area contributed by atoms with Gasteiger partial charge >= 0.3 is 11.9 Å². The second-order valence-corrected chi connectivity index (χ2v) is 4.32. The number of carbonyl (C=O) groups is 2. The molecule has 0 spiro atoms. The first-order valence-corrected chi connectivity index (χ1v) is 5.84. The summed E-state index contributed by atoms with van der Waals surface area (Å²) >= 11 is 0. The van der Waals surface area contributed by atoms with Crippen LogP contribution in [0.4, 0.5) is 0 Å². The molecule has 1 heterocycles. The fourth-order valence-electron chi connectivity index (χ4n) is 1.96. The maximum absolute atomic E-state index is 11.7. The minimum atomic E-state index is -0.610. The van der Waals surface area contributed by atoms with Gasteiger partial charge in [-0.1, -0.05) is 26.0 Å². The van der Waals surface area contributed by atoms with Crippen LogP contribution >= 0.6 is 0 Å². The van der Waals surface area contributed by atoms with Crippen molar-refractivity contribution >= 4 is 17.5 Å². The van der Waals surface area contributed by atoms with Crippen molar-refractivity contribution in [1.29, 1.82) is 0 Å². The van der Waals surface area contributed by atoms with Crippen LogP contribution in [0.5, 0.6) is 5.75 Å². The van der Waals surface area contributed by atoms with E-state index in [2.05, 4.69) is 4.74 Å². The molecule has 1 aliphatic rings. The fourth-order valence-corrected chi connectivity index (χ4v) is 1.96. The molecular formula is C14H14O4. The molecule has 0 fully saturated rings. The van der Waals surface area contributed by atoms with E-state index in [1.165, 1.54) is 12.1 Å². The molecule has 0 radical (unpaired) electrons. The summed E-state index contributed by atoms with van der Waals surface area (Å²) in [6.07, 6.45) is 0.749. The molecule has 1 aromatic carbocycles. The summed E-state index contributed by atoms with van der Waals surface area (Å²) < 4.78 is 4.68. The zero-order valence-corrected chi connectivity index (χ0v) is 10.3. The number of phenolic OH excluding ortho intramolecular Hbond substituents is 1. The number of hydrogen-bond acceptors (Lipinski definition) is 4. The Kier molecular flexibility index (Phi) is 3.19. The van der Waals surface area contributed by atoms with E-state index in [1.807, 2.05) is 13.8 Å². The Labute approximate surface area is 105 Å². The van der Waals surface area contributed by atoms with Crippen LogP contribution in [0.15, 0.2) is 29.8 Å². The Morgan fingerprint density at radius 2 is 1.78 bits per heavy atom. The van der Waals surface area contributed by atoms with Crippen LogP contribution in [0.1, 0.15) is 25.8 Å². The Morgan fingerprint density at radius 3 is 2.33 bits per heavy atom. The Morgan fingerprint density at radius 1 is 1.17 bits per heavy atom. The SMILES string of the molecule is CC[C@H](C)C1=C(c2ccc(O)cc2)C(=O)OC1=O. The summed E-state index contributed by atoms with van der Waals surface area (Å²) in [6, 6.07) is 6.17. The first-order chi connectivity index (χ1) is 8.54. The highest BCUT2D eigenvalue weighted by Gasteiger charge is 2.35. The van der Waals surface area contributed by atoms with Crippen LogP contribution in [-0.2, 0) is 14.3 Å². The maximum atomic E-state index is 11.7. The molecule has 0 aromatic heterocycles. The number of hydrogen-bond donors (Lipinski definition) is 1. The van der Waals surface area contributed by atoms with E-state index in [0.29, 0.717) is 16.7 Å². The van der Waals surface area contributed by atoms with Gasteiger partial charge < -0.3 is 9.84 Å². The largest absolute Gasteiger partial charge is 0.508 e. The highest BCUT2D eigenvalue weighted by atomic mass is 16.6. The topological polar surface area (TPSA) is 63.6 Å². The monoisotopic (exact) mass is 246 g/mol. The lowest BCUT2D eigenvalue weighted by Crippen LogP contribution is -2.07. The number of carbonyl (C=O) groups excluding carboxylic acids is 2. The normalized spacial score (nSPS) is 17.0. The molecule has 94 valence electrons. The molecule has 0 unspecified atom stereocenters. The van der Waals surface area contributed by atoms with Crippen LogP contribution in [0.25, 0.3) is 5.57 Å². The molecule has 2 rings (SSSR count). The summed E-state index contributed by atoms with van der Waals surface area (Å²) in [5.74, 6) is -1.09. The quantitative estimate of drug-likeness (QED) is 0.656. The van der Waals surface area contributed by atoms with Crippen molar-refractivity contribution in [3.8, 4) is 5.75 Å². The van der Waals surface area contributed by atoms with Crippen molar-refractivity contribution in [3.05, 3.63) is 35.4 Å². The lowest BCUT2D eigenvalue weighted by atomic mass is 9.91. The molecule has 0 bridgehead atoms. The van der Waals surface area contributed by atoms with E-state index in [0.717, 1.165) is 6.42 Å². The van der Waals surface area contributed by atoms with Crippen molar-refractivity contribution in [3.63, 3.8) is 0 Å². The molecule has 1 aliphatic heterocycles. The van der Waals surface area contributed by atoms with Crippen molar-refractivity contribution in [2.75, 3.05) is 0 Å². The summed E-state index contributed by atoms with van der Waals surface area (Å²) in [7, 11) is 0. The van der Waals surface area contributed by atoms with Crippen molar-refractivity contribution in [2.24, 2.45) is 5.92 Å². The number of rotatable bonds is 3. The highest BCUT2D eigenvalue weighted by Crippen LogP contribution is 2.33. The van der Waals surface area contributed by atoms with Crippen molar-refractivity contribution in [2.45, 2.75) is 20.3 Å². The highest BCUT2D eigenvalue weighted by molar-refractivity contribution is 6.31. The van der Waals surface area contributed by atoms with E-state index in [9.17, 15) is 14.7 Å². The second-order valence-electron chi connectivity index (χ2n) is 4.32. The van der Waals surface area contributed by atoms with Gasteiger partial charge in [-0.05, 0) is 30.0 Å². The van der Waals surface area contributed by atoms with Crippen LogP contribution in [0, 0.1) is 5.92 Å². The summed E-state index contributed by atoms with van der Waals surface area (Å²) in [5, 5.41) is 9.24. The average molecular weight is 246 g/mol. The number of ether oxygens (including phenoxy) is 1. The van der Waals surface area contributed by atoms with E-state index in [-0.39, 0.29) is 11.7 Å². The molecule has 18 heavy (non-hydrogen) atoms. The third-order valence-corrected chi connectivity index (χ3v) is 3.14. The number of esters is 2. The van der Waals surface area contributed by atoms with E-state index >= 15 is 0 Å². The van der Waals surface area contributed by atoms with Gasteiger partial charge in [-0.2, -0.15) is 0 Å². The summed E-state index contributed by atoms with van der Waals surface area (Å²) in [6.45, 7) is 3.83. The Hall–Kier alpha value is -2.10. The van der Waals surface area contributed by atoms with Gasteiger partial charge in [0.25, 0.3) is 0 Å². The number of cyclic esters (lactones) is 2. The predicted octanol–water partition coefficient (Wildman–Crippen LogP) is 2.28. The first kappa shape index (κ1) is 12.4. The molecular weight excluding hydrogens is 232 g/mol. The van der Waals surface area contributed by atoms with Crippen LogP contribution < -0.4 is 0 Å². The zero-order valence-electron chi connectivity index (χ0n) is 10.3. The summed E-state index contributed by atoms with van der Waals surface area (Å²) in [4.78, 5) is 23.4. The van der Waals surface area contributed by atoms with Crippen LogP contribution in [0.2, 0.25) is 0 Å². The van der Waals surface area contributed by atoms with Crippen LogP contribution in [0.3, 0.4) is 0 Å². The molecule has 1 N–H and O–H groups in total. The van der Waals surface area contributed by atoms with Gasteiger partial charge in [-0.15, -0.1) is 0 Å². The standard InChI is InChI=1S/C14H14O4/c1-3-8(2)11-12(14(17)18-13(11)16)9-4-6-10(15)7-5-9/h4-8,15H,3H2,1-2H3/t8-/m0/s1. The molecule has 0 amide bonds. The predicted molar refractivity (Wildman–Crippen MR) is 65.6 cm³/mol. The lowest BCUT2D eigenvalue weighted by Gasteiger charge is -2.08. The molecule has 1 atom stereocenters. The van der Waals surface area contributed by atoms with Gasteiger partial charge in [-0.25, -0.2) is 9.59 Å². The molecule has 1 aromatic rings. The van der Waals surface area contributed by atoms with Gasteiger partial charge in [0.2, 0.25) is 0 Å². The summed E-state index contributed by atoms with van der Waals surface area (Å²) in [5.41, 5.74) is 1.33. The van der Waals surface area contributed by atoms with E-state index in [1.54, 1.807) is 12.1 Å². The maximum Gasteiger partial charge on any atom is 0.347 e. The second kappa shape index (κ2) is 4.64. The zero-order chi connectivity index (χ0) is 13.3. The first-order valence-electron chi connectivity index (χ1n) is 5.84. The number of benzene rings is 1. The molecule has 4 nitrogen and oxygen atoms in total. The van der Waals surface area contributed by atoms with Gasteiger partial charge in [0.05, 0.1) is 11.1 Å². The van der Waals surface area contributed by atoms with Crippen molar-refractivity contribution < 1.29 is 19.4 Å². The van der Waals surface area contributed by atoms with Gasteiger partial charge in [0.15, 0.2) is 0 Å². The fraction of sp³-hybridized carbons (Fsp3) is 0.286. The number of aromatic hydroxyl groups is 1. The van der Waals surface area contributed by atoms with E-state index in [4.69, 9.17) is 0 Å². The molecule has 0 saturated carbocycles. The Bertz CT molecular complexity index is 525. The molecule has 0 saturated heterocycles. The average Bonchev–Trinajstić information content (AvgIpc) is 2.64. The van der Waals surface area contributed by atoms with Gasteiger partial charge in [0, 0.05) is 0 Å². The molecule has 4 heteroatoms. The van der Waals surface area contributed by atoms with Crippen LogP contribution in [-0.4, -0.2) is 17.0 Å².